The van der Waals surface area contributed by atoms with E-state index in [0.29, 0.717) is 19.4 Å². The number of sulfone groups is 1. The Kier molecular flexibility index (Phi) is 8.23. The number of benzene rings is 1. The average Bonchev–Trinajstić information content (AvgIpc) is 2.52. The van der Waals surface area contributed by atoms with Crippen molar-refractivity contribution in [2.45, 2.75) is 56.6 Å². The van der Waals surface area contributed by atoms with E-state index in [1.54, 1.807) is 12.1 Å². The zero-order chi connectivity index (χ0) is 20.7. The van der Waals surface area contributed by atoms with Gasteiger partial charge in [-0.05, 0) is 58.7 Å². The molecule has 27 heavy (non-hydrogen) atoms. The predicted octanol–water partition coefficient (Wildman–Crippen LogP) is 1.86. The number of carbonyl (C=O) groups is 2. The Morgan fingerprint density at radius 2 is 1.81 bits per heavy atom. The van der Waals surface area contributed by atoms with Crippen LogP contribution in [0.3, 0.4) is 0 Å². The molecule has 0 saturated carbocycles. The van der Waals surface area contributed by atoms with Gasteiger partial charge >= 0.3 is 12.1 Å². The van der Waals surface area contributed by atoms with Crippen molar-refractivity contribution in [3.05, 3.63) is 29.8 Å². The fraction of sp³-hybridized carbons (Fsp3) is 0.556. The summed E-state index contributed by atoms with van der Waals surface area (Å²) in [6.07, 6.45) is 0.419. The van der Waals surface area contributed by atoms with Crippen LogP contribution in [0.15, 0.2) is 29.2 Å². The molecule has 0 bridgehead atoms. The Balaban J connectivity index is 2.73. The van der Waals surface area contributed by atoms with Crippen LogP contribution in [0.25, 0.3) is 0 Å². The Labute approximate surface area is 160 Å². The van der Waals surface area contributed by atoms with E-state index >= 15 is 0 Å². The zero-order valence-electron chi connectivity index (χ0n) is 15.9. The first-order valence-electron chi connectivity index (χ1n) is 8.69. The topological polar surface area (TPSA) is 136 Å². The number of amides is 1. The van der Waals surface area contributed by atoms with Crippen LogP contribution in [-0.2, 0) is 19.4 Å². The summed E-state index contributed by atoms with van der Waals surface area (Å²) in [5.74, 6) is -1.62. The number of carbonyl (C=O) groups excluding carboxylic acids is 1. The highest BCUT2D eigenvalue weighted by Crippen LogP contribution is 2.20. The minimum absolute atomic E-state index is 0.135. The maximum absolute atomic E-state index is 12.5. The molecule has 0 aromatic heterocycles. The molecule has 1 aromatic rings. The van der Waals surface area contributed by atoms with Crippen LogP contribution in [0.2, 0.25) is 0 Å². The van der Waals surface area contributed by atoms with Crippen LogP contribution in [0.1, 0.15) is 38.7 Å². The normalized spacial score (nSPS) is 13.0. The molecule has 0 heterocycles. The first-order valence-corrected chi connectivity index (χ1v) is 10.3. The highest BCUT2D eigenvalue weighted by Gasteiger charge is 2.32. The zero-order valence-corrected chi connectivity index (χ0v) is 16.7. The summed E-state index contributed by atoms with van der Waals surface area (Å²) in [6, 6.07) is 5.25. The van der Waals surface area contributed by atoms with Crippen molar-refractivity contribution in [2.75, 3.05) is 12.3 Å². The maximum atomic E-state index is 12.5. The van der Waals surface area contributed by atoms with Crippen molar-refractivity contribution >= 4 is 21.9 Å². The van der Waals surface area contributed by atoms with Gasteiger partial charge in [0.15, 0.2) is 9.84 Å². The summed E-state index contributed by atoms with van der Waals surface area (Å²) in [4.78, 5) is 23.4. The van der Waals surface area contributed by atoms with Gasteiger partial charge in [-0.15, -0.1) is 0 Å². The van der Waals surface area contributed by atoms with Gasteiger partial charge in [0.1, 0.15) is 11.6 Å². The molecule has 0 aliphatic rings. The highest BCUT2D eigenvalue weighted by molar-refractivity contribution is 7.91. The number of aryl methyl sites for hydroxylation is 1. The average molecular weight is 400 g/mol. The molecule has 1 aromatic carbocycles. The van der Waals surface area contributed by atoms with Crippen molar-refractivity contribution < 1.29 is 27.9 Å². The Morgan fingerprint density at radius 3 is 2.33 bits per heavy atom. The molecule has 9 heteroatoms. The van der Waals surface area contributed by atoms with Crippen LogP contribution in [0, 0.1) is 6.92 Å². The number of alkyl carbamates (subject to hydrolysis) is 1. The highest BCUT2D eigenvalue weighted by atomic mass is 32.2. The lowest BCUT2D eigenvalue weighted by molar-refractivity contribution is -0.139. The number of unbranched alkanes of at least 4 members (excludes halogenated alkanes) is 1. The quantitative estimate of drug-likeness (QED) is 0.510. The first kappa shape index (κ1) is 22.9. The molecule has 0 unspecified atom stereocenters. The van der Waals surface area contributed by atoms with Crippen molar-refractivity contribution in [1.29, 1.82) is 0 Å². The molecule has 0 aliphatic carbocycles. The maximum Gasteiger partial charge on any atom is 0.408 e. The van der Waals surface area contributed by atoms with Gasteiger partial charge in [0.05, 0.1) is 10.6 Å². The van der Waals surface area contributed by atoms with E-state index in [4.69, 9.17) is 10.5 Å². The van der Waals surface area contributed by atoms with Crippen molar-refractivity contribution in [3.8, 4) is 0 Å². The molecule has 152 valence electrons. The fourth-order valence-corrected chi connectivity index (χ4v) is 4.18. The summed E-state index contributed by atoms with van der Waals surface area (Å²) in [6.45, 7) is 5.20. The molecule has 1 rings (SSSR count). The molecule has 0 radical (unpaired) electrons. The van der Waals surface area contributed by atoms with Gasteiger partial charge in [0.2, 0.25) is 0 Å². The molecule has 0 saturated heterocycles. The third kappa shape index (κ3) is 7.96. The molecule has 8 nitrogen and oxygen atoms in total. The van der Waals surface area contributed by atoms with Crippen LogP contribution < -0.4 is 11.1 Å². The van der Waals surface area contributed by atoms with Crippen LogP contribution in [0.4, 0.5) is 4.79 Å². The number of hydrogen-bond donors (Lipinski definition) is 3. The molecular formula is C18H28N2O6S. The van der Waals surface area contributed by atoms with E-state index in [1.807, 2.05) is 6.92 Å². The summed E-state index contributed by atoms with van der Waals surface area (Å²) in [5, 5.41) is 11.4. The molecule has 0 aliphatic heterocycles. The molecule has 1 amide bonds. The third-order valence-corrected chi connectivity index (χ3v) is 5.89. The largest absolute Gasteiger partial charge is 0.480 e. The fourth-order valence-electron chi connectivity index (χ4n) is 2.49. The number of aliphatic carboxylic acids is 1. The van der Waals surface area contributed by atoms with Gasteiger partial charge in [-0.3, -0.25) is 0 Å². The number of nitrogens with one attached hydrogen (secondary N) is 1. The lowest BCUT2D eigenvalue weighted by atomic mass is 10.1. The monoisotopic (exact) mass is 400 g/mol. The van der Waals surface area contributed by atoms with E-state index in [1.165, 1.54) is 26.0 Å². The third-order valence-electron chi connectivity index (χ3n) is 3.82. The SMILES string of the molecule is Cc1ccc(S(=O)(=O)CC(C)(C)OC(=O)N[C@@H](CCCCN)C(=O)O)cc1. The molecule has 4 N–H and O–H groups in total. The van der Waals surface area contributed by atoms with Gasteiger partial charge in [-0.1, -0.05) is 17.7 Å². The number of carboxylic acids is 1. The van der Waals surface area contributed by atoms with Gasteiger partial charge in [0.25, 0.3) is 0 Å². The van der Waals surface area contributed by atoms with Gasteiger partial charge in [-0.25, -0.2) is 18.0 Å². The minimum atomic E-state index is -3.68. The second-order valence-electron chi connectivity index (χ2n) is 7.04. The number of nitrogens with two attached hydrogens (primary N) is 1. The standard InChI is InChI=1S/C18H28N2O6S/c1-13-7-9-14(10-8-13)27(24,25)12-18(2,3)26-17(23)20-15(16(21)22)6-4-5-11-19/h7-10,15H,4-6,11-12,19H2,1-3H3,(H,20,23)(H,21,22)/t15-/m0/s1. The Hall–Kier alpha value is -2.13. The summed E-state index contributed by atoms with van der Waals surface area (Å²) < 4.78 is 30.2. The van der Waals surface area contributed by atoms with E-state index in [-0.39, 0.29) is 11.3 Å². The van der Waals surface area contributed by atoms with Crippen LogP contribution in [-0.4, -0.2) is 49.5 Å². The number of carboxylic acid groups (broad SMARTS) is 1. The minimum Gasteiger partial charge on any atom is -0.480 e. The van der Waals surface area contributed by atoms with Crippen LogP contribution in [0.5, 0.6) is 0 Å². The van der Waals surface area contributed by atoms with E-state index in [9.17, 15) is 23.1 Å². The number of rotatable bonds is 10. The second kappa shape index (κ2) is 9.70. The first-order chi connectivity index (χ1) is 12.5. The van der Waals surface area contributed by atoms with Gasteiger partial charge in [0, 0.05) is 0 Å². The second-order valence-corrected chi connectivity index (χ2v) is 9.03. The van der Waals surface area contributed by atoms with E-state index < -0.39 is 39.3 Å². The molecule has 0 spiro atoms. The Morgan fingerprint density at radius 1 is 1.22 bits per heavy atom. The lowest BCUT2D eigenvalue weighted by Gasteiger charge is -2.26. The molecular weight excluding hydrogens is 372 g/mol. The summed E-state index contributed by atoms with van der Waals surface area (Å²) >= 11 is 0. The summed E-state index contributed by atoms with van der Waals surface area (Å²) in [7, 11) is -3.68. The predicted molar refractivity (Wildman–Crippen MR) is 101 cm³/mol. The van der Waals surface area contributed by atoms with Gasteiger partial charge < -0.3 is 20.9 Å². The summed E-state index contributed by atoms with van der Waals surface area (Å²) in [5.41, 5.74) is 4.96. The number of ether oxygens (including phenoxy) is 1. The van der Waals surface area contributed by atoms with Crippen LogP contribution >= 0.6 is 0 Å². The van der Waals surface area contributed by atoms with E-state index in [2.05, 4.69) is 5.32 Å². The molecule has 0 fully saturated rings. The van der Waals surface area contributed by atoms with E-state index in [0.717, 1.165) is 5.56 Å². The van der Waals surface area contributed by atoms with Crippen molar-refractivity contribution in [1.82, 2.24) is 5.32 Å². The number of hydrogen-bond acceptors (Lipinski definition) is 6. The lowest BCUT2D eigenvalue weighted by Crippen LogP contribution is -2.45. The van der Waals surface area contributed by atoms with Crippen molar-refractivity contribution in [3.63, 3.8) is 0 Å². The Bertz CT molecular complexity index is 744. The van der Waals surface area contributed by atoms with Crippen molar-refractivity contribution in [2.24, 2.45) is 5.73 Å². The molecule has 1 atom stereocenters. The van der Waals surface area contributed by atoms with Gasteiger partial charge in [-0.2, -0.15) is 0 Å². The smallest absolute Gasteiger partial charge is 0.408 e.